The molecule has 0 radical (unpaired) electrons. The fraction of sp³-hybridized carbons (Fsp3) is 0.412. The van der Waals surface area contributed by atoms with Gasteiger partial charge in [-0.3, -0.25) is 14.5 Å². The third kappa shape index (κ3) is 4.53. The van der Waals surface area contributed by atoms with E-state index in [1.165, 1.54) is 16.9 Å². The largest absolute Gasteiger partial charge is 0.481 e. The van der Waals surface area contributed by atoms with Crippen LogP contribution < -0.4 is 4.87 Å². The van der Waals surface area contributed by atoms with Crippen LogP contribution in [0.15, 0.2) is 23.0 Å². The second kappa shape index (κ2) is 7.57. The topological polar surface area (TPSA) is 73.4 Å². The van der Waals surface area contributed by atoms with Crippen LogP contribution >= 0.6 is 11.3 Å². The first kappa shape index (κ1) is 17.4. The third-order valence-corrected chi connectivity index (χ3v) is 4.70. The monoisotopic (exact) mass is 334 g/mol. The highest BCUT2D eigenvalue weighted by Crippen LogP contribution is 2.28. The summed E-state index contributed by atoms with van der Waals surface area (Å²) in [7, 11) is 0. The maximum atomic E-state index is 11.8. The van der Waals surface area contributed by atoms with Crippen molar-refractivity contribution in [2.45, 2.75) is 33.7 Å². The number of aryl methyl sites for hydroxylation is 2. The van der Waals surface area contributed by atoms with Crippen molar-refractivity contribution in [1.29, 1.82) is 0 Å². The van der Waals surface area contributed by atoms with Crippen molar-refractivity contribution in [3.05, 3.63) is 43.9 Å². The highest BCUT2D eigenvalue weighted by Gasteiger charge is 2.15. The zero-order chi connectivity index (χ0) is 17.0. The quantitative estimate of drug-likeness (QED) is 0.816. The van der Waals surface area contributed by atoms with E-state index >= 15 is 0 Å². The molecule has 0 atom stereocenters. The lowest BCUT2D eigenvalue weighted by Gasteiger charge is -2.19. The Morgan fingerprint density at radius 3 is 2.70 bits per heavy atom. The van der Waals surface area contributed by atoms with Crippen molar-refractivity contribution < 1.29 is 9.90 Å². The second-order valence-corrected chi connectivity index (χ2v) is 6.71. The summed E-state index contributed by atoms with van der Waals surface area (Å²) in [5.74, 6) is -0.805. The summed E-state index contributed by atoms with van der Waals surface area (Å²) >= 11 is 1.20. The summed E-state index contributed by atoms with van der Waals surface area (Å²) in [5.41, 5.74) is 4.18. The van der Waals surface area contributed by atoms with Gasteiger partial charge in [0.2, 0.25) is 0 Å². The van der Waals surface area contributed by atoms with Gasteiger partial charge >= 0.3 is 10.8 Å². The molecule has 0 spiro atoms. The number of hydrogen-bond acceptors (Lipinski definition) is 4. The first-order chi connectivity index (χ1) is 10.9. The molecule has 124 valence electrons. The molecule has 0 fully saturated rings. The number of aromatic nitrogens is 1. The number of carbonyl (C=O) groups is 1. The van der Waals surface area contributed by atoms with Gasteiger partial charge in [0.1, 0.15) is 0 Å². The number of carboxylic acids is 1. The van der Waals surface area contributed by atoms with Crippen LogP contribution in [0.4, 0.5) is 0 Å². The molecule has 0 amide bonds. The molecule has 2 aromatic rings. The van der Waals surface area contributed by atoms with Crippen LogP contribution in [0.3, 0.4) is 0 Å². The summed E-state index contributed by atoms with van der Waals surface area (Å²) < 4.78 is 0. The van der Waals surface area contributed by atoms with E-state index < -0.39 is 5.97 Å². The van der Waals surface area contributed by atoms with E-state index in [0.717, 1.165) is 28.2 Å². The van der Waals surface area contributed by atoms with Crippen LogP contribution in [0.1, 0.15) is 29.3 Å². The predicted octanol–water partition coefficient (Wildman–Crippen LogP) is 3.02. The number of benzene rings is 1. The zero-order valence-corrected chi connectivity index (χ0v) is 14.5. The maximum Gasteiger partial charge on any atom is 0.305 e. The molecule has 0 unspecified atom stereocenters. The Bertz CT molecular complexity index is 749. The lowest BCUT2D eigenvalue weighted by molar-refractivity contribution is -0.137. The Hall–Kier alpha value is -1.92. The minimum absolute atomic E-state index is 0.0794. The van der Waals surface area contributed by atoms with E-state index in [9.17, 15) is 9.59 Å². The molecule has 2 N–H and O–H groups in total. The summed E-state index contributed by atoms with van der Waals surface area (Å²) in [6.07, 6.45) is 0.103. The molecule has 1 heterocycles. The number of hydrogen-bond donors (Lipinski definition) is 2. The van der Waals surface area contributed by atoms with Crippen LogP contribution in [0.5, 0.6) is 0 Å². The van der Waals surface area contributed by atoms with Crippen LogP contribution in [0.25, 0.3) is 11.3 Å². The minimum atomic E-state index is -0.805. The van der Waals surface area contributed by atoms with Gasteiger partial charge in [0, 0.05) is 23.5 Å². The van der Waals surface area contributed by atoms with E-state index in [1.54, 1.807) is 0 Å². The molecule has 1 aromatic carbocycles. The van der Waals surface area contributed by atoms with Gasteiger partial charge in [0.05, 0.1) is 12.1 Å². The van der Waals surface area contributed by atoms with Gasteiger partial charge in [-0.25, -0.2) is 0 Å². The fourth-order valence-electron chi connectivity index (χ4n) is 2.59. The normalized spacial score (nSPS) is 11.1. The molecule has 0 saturated heterocycles. The summed E-state index contributed by atoms with van der Waals surface area (Å²) in [5, 5.41) is 8.84. The Balaban J connectivity index is 2.29. The van der Waals surface area contributed by atoms with Gasteiger partial charge in [-0.15, -0.1) is 0 Å². The van der Waals surface area contributed by atoms with Crippen molar-refractivity contribution in [2.75, 3.05) is 13.1 Å². The first-order valence-electron chi connectivity index (χ1n) is 7.64. The van der Waals surface area contributed by atoms with E-state index in [-0.39, 0.29) is 11.3 Å². The Morgan fingerprint density at radius 1 is 1.35 bits per heavy atom. The standard InChI is InChI=1S/C17H22N2O3S/c1-4-19(8-7-15(20)21)10-14-16(18-17(22)23-14)13-6-5-11(2)9-12(13)3/h5-6,9H,4,7-8,10H2,1-3H3,(H,18,22)(H,20,21). The van der Waals surface area contributed by atoms with Crippen molar-refractivity contribution in [3.63, 3.8) is 0 Å². The number of aliphatic carboxylic acids is 1. The van der Waals surface area contributed by atoms with Crippen molar-refractivity contribution in [1.82, 2.24) is 9.88 Å². The van der Waals surface area contributed by atoms with E-state index in [0.29, 0.717) is 13.1 Å². The van der Waals surface area contributed by atoms with Gasteiger partial charge < -0.3 is 10.1 Å². The van der Waals surface area contributed by atoms with Crippen LogP contribution in [-0.4, -0.2) is 34.0 Å². The number of nitrogens with zero attached hydrogens (tertiary/aromatic N) is 1. The molecule has 0 aliphatic heterocycles. The average Bonchev–Trinajstić information content (AvgIpc) is 2.83. The SMILES string of the molecule is CCN(CCC(=O)O)Cc1sc(=O)[nH]c1-c1ccc(C)cc1C. The molecule has 23 heavy (non-hydrogen) atoms. The molecule has 1 aromatic heterocycles. The minimum Gasteiger partial charge on any atom is -0.481 e. The van der Waals surface area contributed by atoms with Crippen molar-refractivity contribution in [2.24, 2.45) is 0 Å². The number of aromatic amines is 1. The van der Waals surface area contributed by atoms with Crippen LogP contribution in [0, 0.1) is 13.8 Å². The van der Waals surface area contributed by atoms with Crippen LogP contribution in [0.2, 0.25) is 0 Å². The van der Waals surface area contributed by atoms with Crippen LogP contribution in [-0.2, 0) is 11.3 Å². The molecular formula is C17H22N2O3S. The highest BCUT2D eigenvalue weighted by atomic mass is 32.1. The van der Waals surface area contributed by atoms with Gasteiger partial charge in [-0.05, 0) is 26.0 Å². The fourth-order valence-corrected chi connectivity index (χ4v) is 3.48. The van der Waals surface area contributed by atoms with Crippen molar-refractivity contribution >= 4 is 17.3 Å². The number of thiazole rings is 1. The Morgan fingerprint density at radius 2 is 2.09 bits per heavy atom. The lowest BCUT2D eigenvalue weighted by Crippen LogP contribution is -2.25. The Kier molecular flexibility index (Phi) is 5.74. The predicted molar refractivity (Wildman–Crippen MR) is 93.1 cm³/mol. The summed E-state index contributed by atoms with van der Waals surface area (Å²) in [6, 6.07) is 6.15. The molecule has 6 heteroatoms. The molecule has 0 bridgehead atoms. The smallest absolute Gasteiger partial charge is 0.305 e. The molecule has 0 aliphatic carbocycles. The summed E-state index contributed by atoms with van der Waals surface area (Å²) in [6.45, 7) is 7.86. The van der Waals surface area contributed by atoms with E-state index in [4.69, 9.17) is 5.11 Å². The average molecular weight is 334 g/mol. The second-order valence-electron chi connectivity index (χ2n) is 5.64. The lowest BCUT2D eigenvalue weighted by atomic mass is 10.0. The molecular weight excluding hydrogens is 312 g/mol. The number of rotatable bonds is 7. The molecule has 0 saturated carbocycles. The highest BCUT2D eigenvalue weighted by molar-refractivity contribution is 7.09. The third-order valence-electron chi connectivity index (χ3n) is 3.83. The first-order valence-corrected chi connectivity index (χ1v) is 8.46. The number of carboxylic acid groups (broad SMARTS) is 1. The van der Waals surface area contributed by atoms with Gasteiger partial charge in [0.25, 0.3) is 0 Å². The molecule has 5 nitrogen and oxygen atoms in total. The maximum absolute atomic E-state index is 11.8. The summed E-state index contributed by atoms with van der Waals surface area (Å²) in [4.78, 5) is 28.5. The van der Waals surface area contributed by atoms with E-state index in [2.05, 4.69) is 11.1 Å². The number of H-pyrrole nitrogens is 1. The Labute approximate surface area is 139 Å². The van der Waals surface area contributed by atoms with Gasteiger partial charge in [-0.1, -0.05) is 42.0 Å². The van der Waals surface area contributed by atoms with Gasteiger partial charge in [0.15, 0.2) is 0 Å². The van der Waals surface area contributed by atoms with Gasteiger partial charge in [-0.2, -0.15) is 0 Å². The zero-order valence-electron chi connectivity index (χ0n) is 13.7. The molecule has 0 aliphatic rings. The molecule has 2 rings (SSSR count). The van der Waals surface area contributed by atoms with Crippen molar-refractivity contribution in [3.8, 4) is 11.3 Å². The van der Waals surface area contributed by atoms with E-state index in [1.807, 2.05) is 37.8 Å². The number of nitrogens with one attached hydrogen (secondary N) is 1.